The van der Waals surface area contributed by atoms with Gasteiger partial charge in [0.2, 0.25) is 5.91 Å². The lowest BCUT2D eigenvalue weighted by molar-refractivity contribution is -0.147. The third kappa shape index (κ3) is 3.41. The number of hydrogen-bond acceptors (Lipinski definition) is 3. The van der Waals surface area contributed by atoms with E-state index in [1.807, 2.05) is 81.4 Å². The molecule has 4 unspecified atom stereocenters. The van der Waals surface area contributed by atoms with Crippen LogP contribution in [-0.2, 0) is 19.8 Å². The van der Waals surface area contributed by atoms with Crippen molar-refractivity contribution in [3.8, 4) is 0 Å². The van der Waals surface area contributed by atoms with Crippen LogP contribution in [0.25, 0.3) is 0 Å². The van der Waals surface area contributed by atoms with Crippen LogP contribution in [0.15, 0.2) is 60.7 Å². The Hall–Kier alpha value is -2.75. The Balaban J connectivity index is 2.19. The Bertz CT molecular complexity index is 891. The van der Waals surface area contributed by atoms with Crippen molar-refractivity contribution in [3.63, 3.8) is 0 Å². The number of benzene rings is 2. The lowest BCUT2D eigenvalue weighted by Crippen LogP contribution is -2.57. The minimum absolute atomic E-state index is 0.0462. The molecule has 4 nitrogen and oxygen atoms in total. The number of primary amides is 1. The lowest BCUT2D eigenvalue weighted by atomic mass is 9.54. The SMILES string of the molecule is CCC1C(=O)C(c2ccccc2)CC(C(C(N)=O)(c2ccccc2)C(C)C)C1=O. The number of carbonyl (C=O) groups excluding carboxylic acids is 3. The first-order valence-electron chi connectivity index (χ1n) is 10.3. The molecule has 1 aliphatic rings. The van der Waals surface area contributed by atoms with Gasteiger partial charge in [0.25, 0.3) is 0 Å². The quantitative estimate of drug-likeness (QED) is 0.755. The Kier molecular flexibility index (Phi) is 6.02. The summed E-state index contributed by atoms with van der Waals surface area (Å²) in [5.74, 6) is -2.66. The highest BCUT2D eigenvalue weighted by Crippen LogP contribution is 2.48. The first kappa shape index (κ1) is 21.0. The zero-order chi connectivity index (χ0) is 21.2. The summed E-state index contributed by atoms with van der Waals surface area (Å²) in [5.41, 5.74) is 6.51. The van der Waals surface area contributed by atoms with Gasteiger partial charge in [-0.05, 0) is 29.9 Å². The van der Waals surface area contributed by atoms with Gasteiger partial charge in [-0.2, -0.15) is 0 Å². The van der Waals surface area contributed by atoms with Gasteiger partial charge in [0.15, 0.2) is 5.78 Å². The number of amides is 1. The molecule has 4 atom stereocenters. The van der Waals surface area contributed by atoms with Gasteiger partial charge in [0.1, 0.15) is 5.78 Å². The molecule has 3 rings (SSSR count). The fraction of sp³-hybridized carbons (Fsp3) is 0.400. The Morgan fingerprint density at radius 2 is 1.55 bits per heavy atom. The predicted molar refractivity (Wildman–Crippen MR) is 113 cm³/mol. The van der Waals surface area contributed by atoms with E-state index in [0.717, 1.165) is 11.1 Å². The summed E-state index contributed by atoms with van der Waals surface area (Å²) >= 11 is 0. The largest absolute Gasteiger partial charge is 0.369 e. The van der Waals surface area contributed by atoms with Gasteiger partial charge in [-0.1, -0.05) is 81.4 Å². The minimum atomic E-state index is -1.15. The molecule has 1 fully saturated rings. The summed E-state index contributed by atoms with van der Waals surface area (Å²) < 4.78 is 0. The molecule has 0 saturated heterocycles. The topological polar surface area (TPSA) is 77.2 Å². The summed E-state index contributed by atoms with van der Waals surface area (Å²) in [5, 5.41) is 0. The van der Waals surface area contributed by atoms with Crippen molar-refractivity contribution in [1.82, 2.24) is 0 Å². The van der Waals surface area contributed by atoms with Crippen LogP contribution in [0.1, 0.15) is 50.7 Å². The molecule has 2 aromatic rings. The van der Waals surface area contributed by atoms with Crippen molar-refractivity contribution in [1.29, 1.82) is 0 Å². The molecular formula is C25H29NO3. The molecule has 152 valence electrons. The Morgan fingerprint density at radius 3 is 2.03 bits per heavy atom. The Morgan fingerprint density at radius 1 is 1.00 bits per heavy atom. The molecule has 0 spiro atoms. The van der Waals surface area contributed by atoms with E-state index in [1.54, 1.807) is 0 Å². The molecule has 1 aliphatic carbocycles. The second-order valence-corrected chi connectivity index (χ2v) is 8.27. The normalized spacial score (nSPS) is 24.3. The maximum absolute atomic E-state index is 13.5. The summed E-state index contributed by atoms with van der Waals surface area (Å²) in [6.07, 6.45) is 0.730. The van der Waals surface area contributed by atoms with Gasteiger partial charge in [-0.15, -0.1) is 0 Å². The molecule has 0 aliphatic heterocycles. The van der Waals surface area contributed by atoms with Gasteiger partial charge in [0, 0.05) is 11.8 Å². The maximum atomic E-state index is 13.5. The molecule has 29 heavy (non-hydrogen) atoms. The van der Waals surface area contributed by atoms with E-state index in [-0.39, 0.29) is 17.5 Å². The summed E-state index contributed by atoms with van der Waals surface area (Å²) in [6.45, 7) is 5.72. The molecular weight excluding hydrogens is 362 g/mol. The fourth-order valence-corrected chi connectivity index (χ4v) is 5.14. The first-order valence-corrected chi connectivity index (χ1v) is 10.3. The average molecular weight is 392 g/mol. The highest BCUT2D eigenvalue weighted by Gasteiger charge is 2.56. The summed E-state index contributed by atoms with van der Waals surface area (Å²) in [6, 6.07) is 18.9. The zero-order valence-corrected chi connectivity index (χ0v) is 17.3. The van der Waals surface area contributed by atoms with Gasteiger partial charge in [-0.25, -0.2) is 0 Å². The first-order chi connectivity index (χ1) is 13.9. The molecule has 0 aromatic heterocycles. The van der Waals surface area contributed by atoms with Crippen LogP contribution in [0.2, 0.25) is 0 Å². The smallest absolute Gasteiger partial charge is 0.229 e. The van der Waals surface area contributed by atoms with Crippen LogP contribution >= 0.6 is 0 Å². The van der Waals surface area contributed by atoms with Crippen molar-refractivity contribution in [2.45, 2.75) is 44.9 Å². The molecule has 1 saturated carbocycles. The third-order valence-corrected chi connectivity index (χ3v) is 6.57. The molecule has 2 N–H and O–H groups in total. The van der Waals surface area contributed by atoms with E-state index in [1.165, 1.54) is 0 Å². The van der Waals surface area contributed by atoms with E-state index in [9.17, 15) is 14.4 Å². The van der Waals surface area contributed by atoms with Crippen molar-refractivity contribution in [3.05, 3.63) is 71.8 Å². The molecule has 4 heteroatoms. The third-order valence-electron chi connectivity index (χ3n) is 6.57. The van der Waals surface area contributed by atoms with Crippen LogP contribution in [0.3, 0.4) is 0 Å². The second kappa shape index (κ2) is 8.32. The van der Waals surface area contributed by atoms with Crippen LogP contribution < -0.4 is 5.73 Å². The minimum Gasteiger partial charge on any atom is -0.369 e. The number of rotatable bonds is 6. The zero-order valence-electron chi connectivity index (χ0n) is 17.3. The molecule has 0 heterocycles. The van der Waals surface area contributed by atoms with E-state index in [2.05, 4.69) is 0 Å². The van der Waals surface area contributed by atoms with Crippen LogP contribution in [-0.4, -0.2) is 17.5 Å². The lowest BCUT2D eigenvalue weighted by Gasteiger charge is -2.46. The predicted octanol–water partition coefficient (Wildman–Crippen LogP) is 4.03. The van der Waals surface area contributed by atoms with E-state index >= 15 is 0 Å². The van der Waals surface area contributed by atoms with Crippen molar-refractivity contribution in [2.75, 3.05) is 0 Å². The number of Topliss-reactive ketones (excluding diaryl/α,β-unsaturated/α-hetero) is 2. The number of hydrogen-bond donors (Lipinski definition) is 1. The van der Waals surface area contributed by atoms with Crippen LogP contribution in [0.5, 0.6) is 0 Å². The molecule has 1 amide bonds. The molecule has 0 bridgehead atoms. The van der Waals surface area contributed by atoms with Crippen LogP contribution in [0, 0.1) is 17.8 Å². The van der Waals surface area contributed by atoms with Crippen LogP contribution in [0.4, 0.5) is 0 Å². The fourth-order valence-electron chi connectivity index (χ4n) is 5.14. The standard InChI is InChI=1S/C25H29NO3/c1-4-19-22(27)20(17-11-7-5-8-12-17)15-21(23(19)28)25(16(2)3,24(26)29)18-13-9-6-10-14-18/h5-14,16,19-21H,4,15H2,1-3H3,(H2,26,29). The van der Waals surface area contributed by atoms with Crippen molar-refractivity contribution < 1.29 is 14.4 Å². The monoisotopic (exact) mass is 391 g/mol. The Labute approximate surface area is 172 Å². The van der Waals surface area contributed by atoms with Crippen molar-refractivity contribution >= 4 is 17.5 Å². The average Bonchev–Trinajstić information content (AvgIpc) is 2.71. The van der Waals surface area contributed by atoms with Crippen molar-refractivity contribution in [2.24, 2.45) is 23.5 Å². The number of ketones is 2. The van der Waals surface area contributed by atoms with Gasteiger partial charge >= 0.3 is 0 Å². The number of nitrogens with two attached hydrogens (primary N) is 1. The second-order valence-electron chi connectivity index (χ2n) is 8.27. The van der Waals surface area contributed by atoms with E-state index < -0.39 is 29.1 Å². The summed E-state index contributed by atoms with van der Waals surface area (Å²) in [4.78, 5) is 39.7. The summed E-state index contributed by atoms with van der Waals surface area (Å²) in [7, 11) is 0. The highest BCUT2D eigenvalue weighted by molar-refractivity contribution is 6.10. The van der Waals surface area contributed by atoms with E-state index in [4.69, 9.17) is 5.73 Å². The number of carbonyl (C=O) groups is 3. The molecule has 2 aromatic carbocycles. The van der Waals surface area contributed by atoms with Gasteiger partial charge in [-0.3, -0.25) is 14.4 Å². The maximum Gasteiger partial charge on any atom is 0.229 e. The molecule has 0 radical (unpaired) electrons. The highest BCUT2D eigenvalue weighted by atomic mass is 16.2. The van der Waals surface area contributed by atoms with Gasteiger partial charge < -0.3 is 5.73 Å². The van der Waals surface area contributed by atoms with Gasteiger partial charge in [0.05, 0.1) is 11.3 Å². The van der Waals surface area contributed by atoms with E-state index in [0.29, 0.717) is 12.8 Å².